The predicted molar refractivity (Wildman–Crippen MR) is 115 cm³/mol. The van der Waals surface area contributed by atoms with Gasteiger partial charge >= 0.3 is 5.69 Å². The molecule has 0 saturated carbocycles. The second-order valence-corrected chi connectivity index (χ2v) is 8.28. The molecule has 1 aliphatic heterocycles. The summed E-state index contributed by atoms with van der Waals surface area (Å²) in [4.78, 5) is 18.3. The number of aliphatic hydroxyl groups is 1. The zero-order chi connectivity index (χ0) is 20.8. The van der Waals surface area contributed by atoms with Gasteiger partial charge in [-0.1, -0.05) is 12.1 Å². The van der Waals surface area contributed by atoms with Gasteiger partial charge in [-0.25, -0.2) is 9.18 Å². The maximum atomic E-state index is 13.6. The van der Waals surface area contributed by atoms with Crippen LogP contribution in [-0.4, -0.2) is 31.7 Å². The summed E-state index contributed by atoms with van der Waals surface area (Å²) in [5.41, 5.74) is 4.23. The van der Waals surface area contributed by atoms with Gasteiger partial charge in [0.25, 0.3) is 0 Å². The van der Waals surface area contributed by atoms with E-state index >= 15 is 0 Å². The van der Waals surface area contributed by atoms with Gasteiger partial charge < -0.3 is 20.4 Å². The molecule has 30 heavy (non-hydrogen) atoms. The second-order valence-electron chi connectivity index (χ2n) is 8.28. The number of hydrogen-bond acceptors (Lipinski definition) is 3. The molecule has 0 spiro atoms. The van der Waals surface area contributed by atoms with E-state index in [1.54, 1.807) is 16.7 Å². The van der Waals surface area contributed by atoms with Crippen LogP contribution in [0.5, 0.6) is 0 Å². The lowest BCUT2D eigenvalue weighted by Gasteiger charge is -2.26. The third-order valence-electron chi connectivity index (χ3n) is 6.26. The Morgan fingerprint density at radius 1 is 1.30 bits per heavy atom. The number of fused-ring (bicyclic) bond motifs is 1. The fraction of sp³-hybridized carbons (Fsp3) is 0.348. The van der Waals surface area contributed by atoms with Crippen LogP contribution >= 0.6 is 0 Å². The summed E-state index contributed by atoms with van der Waals surface area (Å²) < 4.78 is 15.3. The molecule has 5 rings (SSSR count). The minimum Gasteiger partial charge on any atom is -0.387 e. The van der Waals surface area contributed by atoms with E-state index in [9.17, 15) is 14.3 Å². The molecule has 0 radical (unpaired) electrons. The average Bonchev–Trinajstić information content (AvgIpc) is 3.24. The highest BCUT2D eigenvalue weighted by molar-refractivity contribution is 5.83. The summed E-state index contributed by atoms with van der Waals surface area (Å²) in [6.07, 6.45) is 3.56. The van der Waals surface area contributed by atoms with Crippen LogP contribution in [0, 0.1) is 5.82 Å². The Kier molecular flexibility index (Phi) is 4.72. The van der Waals surface area contributed by atoms with E-state index in [4.69, 9.17) is 0 Å². The van der Waals surface area contributed by atoms with Gasteiger partial charge in [-0.2, -0.15) is 0 Å². The van der Waals surface area contributed by atoms with Gasteiger partial charge in [-0.05, 0) is 56.0 Å². The smallest absolute Gasteiger partial charge is 0.326 e. The molecule has 2 aromatic heterocycles. The molecule has 0 aliphatic carbocycles. The molecule has 7 heteroatoms. The number of H-pyrrole nitrogens is 2. The van der Waals surface area contributed by atoms with Gasteiger partial charge in [0.05, 0.1) is 17.1 Å². The number of aliphatic hydroxyl groups excluding tert-OH is 1. The van der Waals surface area contributed by atoms with Gasteiger partial charge in [-0.3, -0.25) is 4.57 Å². The van der Waals surface area contributed by atoms with E-state index in [2.05, 4.69) is 22.2 Å². The molecule has 0 unspecified atom stereocenters. The van der Waals surface area contributed by atoms with Crippen LogP contribution in [0.2, 0.25) is 0 Å². The summed E-state index contributed by atoms with van der Waals surface area (Å²) in [6.45, 7) is 2.65. The van der Waals surface area contributed by atoms with Crippen molar-refractivity contribution in [1.29, 1.82) is 0 Å². The number of hydrogen-bond donors (Lipinski definition) is 4. The molecule has 4 aromatic rings. The molecule has 0 bridgehead atoms. The highest BCUT2D eigenvalue weighted by Gasteiger charge is 2.29. The van der Waals surface area contributed by atoms with Gasteiger partial charge in [0.15, 0.2) is 0 Å². The van der Waals surface area contributed by atoms with E-state index in [1.165, 1.54) is 6.07 Å². The Bertz CT molecular complexity index is 1270. The molecule has 3 atom stereocenters. The molecular formula is C23H25FN4O2. The first-order valence-electron chi connectivity index (χ1n) is 10.4. The van der Waals surface area contributed by atoms with Crippen LogP contribution in [0.1, 0.15) is 37.0 Å². The number of halogens is 1. The number of nitrogens with one attached hydrogen (secondary N) is 3. The van der Waals surface area contributed by atoms with Crippen LogP contribution in [0.25, 0.3) is 21.9 Å². The number of benzene rings is 2. The van der Waals surface area contributed by atoms with Crippen molar-refractivity contribution < 1.29 is 9.50 Å². The third kappa shape index (κ3) is 3.24. The molecule has 4 N–H and O–H groups in total. The fourth-order valence-electron chi connectivity index (χ4n) is 4.70. The lowest BCUT2D eigenvalue weighted by molar-refractivity contribution is 0.119. The van der Waals surface area contributed by atoms with Crippen molar-refractivity contribution in [3.8, 4) is 0 Å². The molecule has 2 aromatic carbocycles. The lowest BCUT2D eigenvalue weighted by atomic mass is 9.98. The lowest BCUT2D eigenvalue weighted by Crippen LogP contribution is -2.41. The van der Waals surface area contributed by atoms with Crippen molar-refractivity contribution in [1.82, 2.24) is 19.9 Å². The Balaban J connectivity index is 1.31. The topological polar surface area (TPSA) is 85.8 Å². The predicted octanol–water partition coefficient (Wildman–Crippen LogP) is 3.37. The molecule has 1 aliphatic rings. The van der Waals surface area contributed by atoms with Crippen molar-refractivity contribution in [2.24, 2.45) is 0 Å². The number of imidazole rings is 1. The average molecular weight is 408 g/mol. The molecule has 6 nitrogen and oxygen atoms in total. The van der Waals surface area contributed by atoms with Gasteiger partial charge in [-0.15, -0.1) is 0 Å². The first-order chi connectivity index (χ1) is 14.5. The monoisotopic (exact) mass is 408 g/mol. The number of nitrogens with zero attached hydrogens (tertiary/aromatic N) is 1. The van der Waals surface area contributed by atoms with Crippen LogP contribution in [0.15, 0.2) is 47.4 Å². The number of rotatable bonds is 5. The van der Waals surface area contributed by atoms with E-state index in [-0.39, 0.29) is 23.6 Å². The largest absolute Gasteiger partial charge is 0.387 e. The number of aromatic nitrogens is 3. The summed E-state index contributed by atoms with van der Waals surface area (Å²) in [7, 11) is 0. The Hall–Kier alpha value is -2.90. The van der Waals surface area contributed by atoms with Crippen LogP contribution in [0.3, 0.4) is 0 Å². The second kappa shape index (κ2) is 7.41. The van der Waals surface area contributed by atoms with E-state index < -0.39 is 6.10 Å². The molecule has 0 saturated heterocycles. The summed E-state index contributed by atoms with van der Waals surface area (Å²) >= 11 is 0. The molecular weight excluding hydrogens is 383 g/mol. The molecule has 0 amide bonds. The maximum Gasteiger partial charge on any atom is 0.326 e. The van der Waals surface area contributed by atoms with E-state index in [0.717, 1.165) is 45.9 Å². The molecule has 156 valence electrons. The van der Waals surface area contributed by atoms with Gasteiger partial charge in [0.2, 0.25) is 0 Å². The third-order valence-corrected chi connectivity index (χ3v) is 6.26. The van der Waals surface area contributed by atoms with Gasteiger partial charge in [0, 0.05) is 41.3 Å². The Morgan fingerprint density at radius 2 is 2.17 bits per heavy atom. The quantitative estimate of drug-likeness (QED) is 0.408. The SMILES string of the molecule is C[C@H](CCc1c[nH]c2ccc(F)cc12)N[C@@H]1CCn2c(=O)[nH]c3cccc(c32)[C@H]1O. The van der Waals surface area contributed by atoms with Gasteiger partial charge in [0.1, 0.15) is 5.82 Å². The Labute approximate surface area is 172 Å². The van der Waals surface area contributed by atoms with E-state index in [1.807, 2.05) is 24.4 Å². The zero-order valence-electron chi connectivity index (χ0n) is 16.8. The standard InChI is InChI=1S/C23H25FN4O2/c1-13(5-6-14-12-25-18-8-7-15(24)11-17(14)18)26-20-9-10-28-21-16(22(20)29)3-2-4-19(21)27-23(28)30/h2-4,7-8,11-13,20,22,25-26,29H,5-6,9-10H2,1H3,(H,27,30)/t13-,20-,22-/m1/s1. The summed E-state index contributed by atoms with van der Waals surface area (Å²) in [6, 6.07) is 10.4. The highest BCUT2D eigenvalue weighted by Crippen LogP contribution is 2.30. The zero-order valence-corrected chi connectivity index (χ0v) is 16.8. The first kappa shape index (κ1) is 19.1. The fourth-order valence-corrected chi connectivity index (χ4v) is 4.70. The van der Waals surface area contributed by atoms with Crippen LogP contribution < -0.4 is 11.0 Å². The van der Waals surface area contributed by atoms with Crippen molar-refractivity contribution in [2.45, 2.75) is 50.9 Å². The normalized spacial score (nSPS) is 20.0. The van der Waals surface area contributed by atoms with Crippen molar-refractivity contribution in [3.63, 3.8) is 0 Å². The molecule has 0 fully saturated rings. The van der Waals surface area contributed by atoms with Crippen molar-refractivity contribution >= 4 is 21.9 Å². The van der Waals surface area contributed by atoms with Crippen molar-refractivity contribution in [3.05, 3.63) is 70.0 Å². The van der Waals surface area contributed by atoms with Crippen molar-refractivity contribution in [2.75, 3.05) is 0 Å². The Morgan fingerprint density at radius 3 is 3.03 bits per heavy atom. The maximum absolute atomic E-state index is 13.6. The number of para-hydroxylation sites is 1. The minimum absolute atomic E-state index is 0.134. The summed E-state index contributed by atoms with van der Waals surface area (Å²) in [5, 5.41) is 15.5. The first-order valence-corrected chi connectivity index (χ1v) is 10.4. The van der Waals surface area contributed by atoms with Crippen LogP contribution in [0.4, 0.5) is 4.39 Å². The summed E-state index contributed by atoms with van der Waals surface area (Å²) in [5.74, 6) is -0.232. The van der Waals surface area contributed by atoms with E-state index in [0.29, 0.717) is 13.0 Å². The number of aryl methyl sites for hydroxylation is 2. The minimum atomic E-state index is -0.692. The number of aromatic amines is 2. The molecule has 3 heterocycles. The van der Waals surface area contributed by atoms with Crippen LogP contribution in [-0.2, 0) is 13.0 Å². The highest BCUT2D eigenvalue weighted by atomic mass is 19.1.